The van der Waals surface area contributed by atoms with E-state index in [4.69, 9.17) is 9.26 Å². The fourth-order valence-electron chi connectivity index (χ4n) is 3.09. The third-order valence-electron chi connectivity index (χ3n) is 4.37. The van der Waals surface area contributed by atoms with Gasteiger partial charge in [0.1, 0.15) is 0 Å². The van der Waals surface area contributed by atoms with Crippen molar-refractivity contribution in [2.24, 2.45) is 0 Å². The van der Waals surface area contributed by atoms with Crippen LogP contribution >= 0.6 is 0 Å². The van der Waals surface area contributed by atoms with Crippen LogP contribution in [-0.2, 0) is 17.7 Å². The van der Waals surface area contributed by atoms with E-state index in [2.05, 4.69) is 33.7 Å². The fraction of sp³-hybridized carbons (Fsp3) is 0.500. The van der Waals surface area contributed by atoms with E-state index in [1.807, 2.05) is 0 Å². The maximum absolute atomic E-state index is 5.47. The smallest absolute Gasteiger partial charge is 0.257 e. The van der Waals surface area contributed by atoms with Gasteiger partial charge in [0.25, 0.3) is 5.89 Å². The van der Waals surface area contributed by atoms with Crippen molar-refractivity contribution in [2.45, 2.75) is 31.7 Å². The Bertz CT molecular complexity index is 632. The summed E-state index contributed by atoms with van der Waals surface area (Å²) in [5, 5.41) is 7.57. The summed E-state index contributed by atoms with van der Waals surface area (Å²) in [4.78, 5) is 4.60. The highest BCUT2D eigenvalue weighted by molar-refractivity contribution is 5.56. The molecule has 5 nitrogen and oxygen atoms in total. The molecule has 3 heterocycles. The van der Waals surface area contributed by atoms with Crippen LogP contribution in [0.1, 0.15) is 35.7 Å². The van der Waals surface area contributed by atoms with E-state index in [0.29, 0.717) is 11.8 Å². The van der Waals surface area contributed by atoms with E-state index < -0.39 is 0 Å². The standard InChI is InChI=1S/C16H19N3O2/c1-2-13(9-14-10-17-6-3-11(1)14)16-18-15(19-21-16)12-4-7-20-8-5-12/h1-2,9,12,17H,3-8,10H2. The van der Waals surface area contributed by atoms with Crippen LogP contribution in [0.4, 0.5) is 0 Å². The van der Waals surface area contributed by atoms with Crippen LogP contribution in [0.3, 0.4) is 0 Å². The number of nitrogens with zero attached hydrogens (tertiary/aromatic N) is 2. The minimum atomic E-state index is 0.371. The predicted molar refractivity (Wildman–Crippen MR) is 77.9 cm³/mol. The molecular weight excluding hydrogens is 266 g/mol. The number of nitrogens with one attached hydrogen (secondary N) is 1. The van der Waals surface area contributed by atoms with Gasteiger partial charge < -0.3 is 14.6 Å². The molecule has 0 saturated carbocycles. The molecule has 110 valence electrons. The van der Waals surface area contributed by atoms with Crippen LogP contribution in [0.25, 0.3) is 11.5 Å². The van der Waals surface area contributed by atoms with Gasteiger partial charge in [0.15, 0.2) is 5.82 Å². The van der Waals surface area contributed by atoms with Crippen LogP contribution in [0.5, 0.6) is 0 Å². The molecule has 2 aliphatic rings. The van der Waals surface area contributed by atoms with Crippen molar-refractivity contribution in [3.63, 3.8) is 0 Å². The summed E-state index contributed by atoms with van der Waals surface area (Å²) in [5.41, 5.74) is 3.77. The Kier molecular flexibility index (Phi) is 3.45. The molecule has 2 aromatic rings. The maximum Gasteiger partial charge on any atom is 0.257 e. The third-order valence-corrected chi connectivity index (χ3v) is 4.37. The highest BCUT2D eigenvalue weighted by Crippen LogP contribution is 2.28. The molecule has 0 amide bonds. The third kappa shape index (κ3) is 2.59. The van der Waals surface area contributed by atoms with Gasteiger partial charge in [-0.25, -0.2) is 0 Å². The van der Waals surface area contributed by atoms with Crippen molar-refractivity contribution >= 4 is 0 Å². The second-order valence-electron chi connectivity index (χ2n) is 5.75. The van der Waals surface area contributed by atoms with Crippen molar-refractivity contribution in [1.82, 2.24) is 15.5 Å². The Morgan fingerprint density at radius 1 is 1.14 bits per heavy atom. The van der Waals surface area contributed by atoms with Crippen LogP contribution in [0.2, 0.25) is 0 Å². The molecule has 1 aromatic heterocycles. The molecule has 21 heavy (non-hydrogen) atoms. The summed E-state index contributed by atoms with van der Waals surface area (Å²) in [7, 11) is 0. The lowest BCUT2D eigenvalue weighted by molar-refractivity contribution is 0.0830. The fourth-order valence-corrected chi connectivity index (χ4v) is 3.09. The van der Waals surface area contributed by atoms with E-state index in [1.54, 1.807) is 0 Å². The average Bonchev–Trinajstić information content (AvgIpc) is 3.05. The molecule has 0 unspecified atom stereocenters. The quantitative estimate of drug-likeness (QED) is 0.917. The van der Waals surface area contributed by atoms with Gasteiger partial charge in [0, 0.05) is 31.2 Å². The molecule has 0 atom stereocenters. The molecule has 0 bridgehead atoms. The number of fused-ring (bicyclic) bond motifs is 1. The predicted octanol–water partition coefficient (Wildman–Crippen LogP) is 2.28. The van der Waals surface area contributed by atoms with Crippen LogP contribution in [0, 0.1) is 0 Å². The second kappa shape index (κ2) is 5.58. The number of ether oxygens (including phenoxy) is 1. The largest absolute Gasteiger partial charge is 0.381 e. The summed E-state index contributed by atoms with van der Waals surface area (Å²) in [6.45, 7) is 3.56. The number of benzene rings is 1. The number of hydrogen-bond acceptors (Lipinski definition) is 5. The van der Waals surface area contributed by atoms with Gasteiger partial charge in [-0.3, -0.25) is 0 Å². The molecule has 1 saturated heterocycles. The number of aromatic nitrogens is 2. The zero-order chi connectivity index (χ0) is 14.1. The average molecular weight is 285 g/mol. The molecule has 1 fully saturated rings. The Morgan fingerprint density at radius 2 is 2.05 bits per heavy atom. The zero-order valence-corrected chi connectivity index (χ0v) is 12.0. The molecule has 4 rings (SSSR count). The van der Waals surface area contributed by atoms with Gasteiger partial charge in [-0.1, -0.05) is 11.2 Å². The Labute approximate surface area is 123 Å². The summed E-state index contributed by atoms with van der Waals surface area (Å²) < 4.78 is 10.9. The SMILES string of the molecule is c1cc2c(cc1-c1nc(C3CCOCC3)no1)CNCC2. The zero-order valence-electron chi connectivity index (χ0n) is 12.0. The van der Waals surface area contributed by atoms with Crippen LogP contribution in [0.15, 0.2) is 22.7 Å². The Balaban J connectivity index is 1.60. The van der Waals surface area contributed by atoms with Crippen molar-refractivity contribution in [3.8, 4) is 11.5 Å². The van der Waals surface area contributed by atoms with E-state index in [9.17, 15) is 0 Å². The molecular formula is C16H19N3O2. The second-order valence-corrected chi connectivity index (χ2v) is 5.75. The molecule has 5 heteroatoms. The van der Waals surface area contributed by atoms with Crippen molar-refractivity contribution < 1.29 is 9.26 Å². The first kappa shape index (κ1) is 13.0. The molecule has 1 aromatic carbocycles. The van der Waals surface area contributed by atoms with Crippen LogP contribution in [-0.4, -0.2) is 29.9 Å². The molecule has 0 spiro atoms. The van der Waals surface area contributed by atoms with E-state index in [0.717, 1.165) is 57.0 Å². The minimum absolute atomic E-state index is 0.371. The van der Waals surface area contributed by atoms with Crippen LogP contribution < -0.4 is 5.32 Å². The van der Waals surface area contributed by atoms with Crippen molar-refractivity contribution in [1.29, 1.82) is 0 Å². The van der Waals surface area contributed by atoms with Gasteiger partial charge in [0.2, 0.25) is 0 Å². The first-order valence-electron chi connectivity index (χ1n) is 7.64. The highest BCUT2D eigenvalue weighted by atomic mass is 16.5. The number of hydrogen-bond donors (Lipinski definition) is 1. The minimum Gasteiger partial charge on any atom is -0.381 e. The Hall–Kier alpha value is -1.72. The molecule has 2 aliphatic heterocycles. The lowest BCUT2D eigenvalue weighted by Gasteiger charge is -2.18. The summed E-state index contributed by atoms with van der Waals surface area (Å²) in [6, 6.07) is 6.44. The molecule has 0 radical (unpaired) electrons. The normalized spacial score (nSPS) is 19.4. The van der Waals surface area contributed by atoms with Gasteiger partial charge in [0.05, 0.1) is 0 Å². The topological polar surface area (TPSA) is 60.2 Å². The van der Waals surface area contributed by atoms with Crippen molar-refractivity contribution in [3.05, 3.63) is 35.2 Å². The highest BCUT2D eigenvalue weighted by Gasteiger charge is 2.22. The first-order chi connectivity index (χ1) is 10.4. The van der Waals surface area contributed by atoms with Gasteiger partial charge in [-0.15, -0.1) is 0 Å². The monoisotopic (exact) mass is 285 g/mol. The van der Waals surface area contributed by atoms with Gasteiger partial charge >= 0.3 is 0 Å². The lowest BCUT2D eigenvalue weighted by Crippen LogP contribution is -2.23. The van der Waals surface area contributed by atoms with Gasteiger partial charge in [-0.2, -0.15) is 4.98 Å². The summed E-state index contributed by atoms with van der Waals surface area (Å²) >= 11 is 0. The molecule has 0 aliphatic carbocycles. The summed E-state index contributed by atoms with van der Waals surface area (Å²) in [5.74, 6) is 1.82. The Morgan fingerprint density at radius 3 is 2.95 bits per heavy atom. The lowest BCUT2D eigenvalue weighted by atomic mass is 9.98. The summed E-state index contributed by atoms with van der Waals surface area (Å²) in [6.07, 6.45) is 3.05. The van der Waals surface area contributed by atoms with Crippen molar-refractivity contribution in [2.75, 3.05) is 19.8 Å². The van der Waals surface area contributed by atoms with E-state index in [1.165, 1.54) is 11.1 Å². The first-order valence-corrected chi connectivity index (χ1v) is 7.64. The maximum atomic E-state index is 5.47. The molecule has 1 N–H and O–H groups in total. The van der Waals surface area contributed by atoms with E-state index >= 15 is 0 Å². The number of rotatable bonds is 2. The van der Waals surface area contributed by atoms with E-state index in [-0.39, 0.29) is 0 Å². The van der Waals surface area contributed by atoms with Gasteiger partial charge in [-0.05, 0) is 49.1 Å².